The van der Waals surface area contributed by atoms with Crippen molar-refractivity contribution in [3.63, 3.8) is 0 Å². The highest BCUT2D eigenvalue weighted by Crippen LogP contribution is 2.35. The van der Waals surface area contributed by atoms with Crippen LogP contribution in [0.5, 0.6) is 0 Å². The zero-order chi connectivity index (χ0) is 12.1. The average molecular weight is 244 g/mol. The van der Waals surface area contributed by atoms with Crippen LogP contribution < -0.4 is 0 Å². The van der Waals surface area contributed by atoms with Gasteiger partial charge in [0.15, 0.2) is 0 Å². The van der Waals surface area contributed by atoms with Gasteiger partial charge < -0.3 is 5.11 Å². The molecule has 0 aliphatic carbocycles. The lowest BCUT2D eigenvalue weighted by molar-refractivity contribution is -0.136. The topological polar surface area (TPSA) is 37.3 Å². The normalized spacial score (nSPS) is 12.0. The second-order valence-corrected chi connectivity index (χ2v) is 4.74. The molecular weight excluding hydrogens is 232 g/mol. The van der Waals surface area contributed by atoms with Gasteiger partial charge >= 0.3 is 5.97 Å². The quantitative estimate of drug-likeness (QED) is 0.835. The van der Waals surface area contributed by atoms with Crippen LogP contribution in [0, 0.1) is 0 Å². The minimum Gasteiger partial charge on any atom is -0.480 e. The van der Waals surface area contributed by atoms with Gasteiger partial charge in [-0.2, -0.15) is 0 Å². The van der Waals surface area contributed by atoms with Gasteiger partial charge in [0.05, 0.1) is 0 Å². The number of rotatable bonds is 4. The first-order valence-electron chi connectivity index (χ1n) is 5.27. The monoisotopic (exact) mass is 244 g/mol. The summed E-state index contributed by atoms with van der Waals surface area (Å²) in [5.41, 5.74) is 0.814. The fraction of sp³-hybridized carbons (Fsp3) is 0.0714. The van der Waals surface area contributed by atoms with Crippen molar-refractivity contribution in [1.29, 1.82) is 0 Å². The first-order chi connectivity index (χ1) is 8.27. The molecule has 86 valence electrons. The smallest absolute Gasteiger partial charge is 0.321 e. The van der Waals surface area contributed by atoms with Gasteiger partial charge in [-0.05, 0) is 17.7 Å². The van der Waals surface area contributed by atoms with Crippen LogP contribution in [0.4, 0.5) is 0 Å². The van der Waals surface area contributed by atoms with Crippen molar-refractivity contribution in [2.75, 3.05) is 0 Å². The van der Waals surface area contributed by atoms with E-state index in [1.165, 1.54) is 11.8 Å². The van der Waals surface area contributed by atoms with Crippen molar-refractivity contribution in [3.05, 3.63) is 66.2 Å². The predicted molar refractivity (Wildman–Crippen MR) is 69.1 cm³/mol. The molecule has 1 atom stereocenters. The molecule has 0 fully saturated rings. The Bertz CT molecular complexity index is 482. The highest BCUT2D eigenvalue weighted by atomic mass is 32.2. The van der Waals surface area contributed by atoms with Crippen molar-refractivity contribution >= 4 is 17.7 Å². The van der Waals surface area contributed by atoms with E-state index >= 15 is 0 Å². The predicted octanol–water partition coefficient (Wildman–Crippen LogP) is 3.60. The Hall–Kier alpha value is -1.74. The molecule has 0 saturated heterocycles. The molecule has 2 rings (SSSR count). The molecule has 0 amide bonds. The lowest BCUT2D eigenvalue weighted by atomic mass is 10.1. The Labute approximate surface area is 104 Å². The van der Waals surface area contributed by atoms with Gasteiger partial charge in [0.2, 0.25) is 0 Å². The van der Waals surface area contributed by atoms with Crippen LogP contribution in [0.25, 0.3) is 0 Å². The second kappa shape index (κ2) is 5.55. The molecule has 3 heteroatoms. The van der Waals surface area contributed by atoms with Gasteiger partial charge in [-0.3, -0.25) is 4.79 Å². The summed E-state index contributed by atoms with van der Waals surface area (Å²) in [6.45, 7) is 0. The number of hydrogen-bond acceptors (Lipinski definition) is 2. The molecule has 0 spiro atoms. The van der Waals surface area contributed by atoms with E-state index in [2.05, 4.69) is 0 Å². The van der Waals surface area contributed by atoms with Gasteiger partial charge in [-0.1, -0.05) is 48.5 Å². The van der Waals surface area contributed by atoms with Crippen molar-refractivity contribution in [1.82, 2.24) is 0 Å². The van der Waals surface area contributed by atoms with Crippen molar-refractivity contribution in [2.45, 2.75) is 10.1 Å². The second-order valence-electron chi connectivity index (χ2n) is 3.56. The number of hydrogen-bond donors (Lipinski definition) is 1. The highest BCUT2D eigenvalue weighted by molar-refractivity contribution is 8.00. The average Bonchev–Trinajstić information content (AvgIpc) is 2.38. The van der Waals surface area contributed by atoms with E-state index in [0.29, 0.717) is 0 Å². The van der Waals surface area contributed by atoms with Gasteiger partial charge in [-0.15, -0.1) is 11.8 Å². The van der Waals surface area contributed by atoms with Crippen LogP contribution in [0.15, 0.2) is 65.6 Å². The van der Waals surface area contributed by atoms with E-state index in [-0.39, 0.29) is 0 Å². The van der Waals surface area contributed by atoms with E-state index in [4.69, 9.17) is 0 Å². The number of carboxylic acids is 1. The Balaban J connectivity index is 2.23. The summed E-state index contributed by atoms with van der Waals surface area (Å²) in [5.74, 6) is -0.815. The molecule has 1 unspecified atom stereocenters. The SMILES string of the molecule is O=C(O)C(Sc1ccccc1)c1ccccc1. The maximum absolute atomic E-state index is 11.3. The van der Waals surface area contributed by atoms with E-state index < -0.39 is 11.2 Å². The Morgan fingerprint density at radius 1 is 0.941 bits per heavy atom. The molecule has 0 heterocycles. The molecule has 0 saturated carbocycles. The third-order valence-electron chi connectivity index (χ3n) is 2.32. The molecule has 0 radical (unpaired) electrons. The number of benzene rings is 2. The number of carbonyl (C=O) groups is 1. The van der Waals surface area contributed by atoms with E-state index in [1.807, 2.05) is 60.7 Å². The number of thioether (sulfide) groups is 1. The minimum atomic E-state index is -0.815. The molecule has 2 aromatic carbocycles. The summed E-state index contributed by atoms with van der Waals surface area (Å²) in [6.07, 6.45) is 0. The molecule has 0 bridgehead atoms. The molecule has 0 aliphatic heterocycles. The molecule has 2 aromatic rings. The van der Waals surface area contributed by atoms with E-state index in [9.17, 15) is 9.90 Å². The molecule has 1 N–H and O–H groups in total. The summed E-state index contributed by atoms with van der Waals surface area (Å²) in [7, 11) is 0. The summed E-state index contributed by atoms with van der Waals surface area (Å²) >= 11 is 1.35. The first kappa shape index (κ1) is 11.7. The fourth-order valence-electron chi connectivity index (χ4n) is 1.52. The lowest BCUT2D eigenvalue weighted by Gasteiger charge is -2.12. The van der Waals surface area contributed by atoms with E-state index in [1.54, 1.807) is 0 Å². The first-order valence-corrected chi connectivity index (χ1v) is 6.15. The molecule has 17 heavy (non-hydrogen) atoms. The third kappa shape index (κ3) is 3.11. The maximum Gasteiger partial charge on any atom is 0.321 e. The Kier molecular flexibility index (Phi) is 3.83. The standard InChI is InChI=1S/C14H12O2S/c15-14(16)13(11-7-3-1-4-8-11)17-12-9-5-2-6-10-12/h1-10,13H,(H,15,16). The summed E-state index contributed by atoms with van der Waals surface area (Å²) in [6, 6.07) is 18.9. The summed E-state index contributed by atoms with van der Waals surface area (Å²) in [5, 5.41) is 8.71. The van der Waals surface area contributed by atoms with Gasteiger partial charge in [0.25, 0.3) is 0 Å². The zero-order valence-electron chi connectivity index (χ0n) is 9.11. The number of aliphatic carboxylic acids is 1. The minimum absolute atomic E-state index is 0.557. The van der Waals surface area contributed by atoms with Crippen LogP contribution in [-0.4, -0.2) is 11.1 Å². The summed E-state index contributed by atoms with van der Waals surface area (Å²) in [4.78, 5) is 12.2. The van der Waals surface area contributed by atoms with Gasteiger partial charge in [0.1, 0.15) is 5.25 Å². The largest absolute Gasteiger partial charge is 0.480 e. The Morgan fingerprint density at radius 2 is 1.47 bits per heavy atom. The van der Waals surface area contributed by atoms with Crippen molar-refractivity contribution < 1.29 is 9.90 Å². The van der Waals surface area contributed by atoms with Crippen molar-refractivity contribution in [2.24, 2.45) is 0 Å². The van der Waals surface area contributed by atoms with Crippen LogP contribution >= 0.6 is 11.8 Å². The summed E-state index contributed by atoms with van der Waals surface area (Å²) < 4.78 is 0. The fourth-order valence-corrected chi connectivity index (χ4v) is 2.50. The van der Waals surface area contributed by atoms with Gasteiger partial charge in [-0.25, -0.2) is 0 Å². The van der Waals surface area contributed by atoms with Crippen LogP contribution in [0.1, 0.15) is 10.8 Å². The van der Waals surface area contributed by atoms with Crippen LogP contribution in [0.3, 0.4) is 0 Å². The molecule has 2 nitrogen and oxygen atoms in total. The highest BCUT2D eigenvalue weighted by Gasteiger charge is 2.20. The molecule has 0 aliphatic rings. The van der Waals surface area contributed by atoms with E-state index in [0.717, 1.165) is 10.5 Å². The maximum atomic E-state index is 11.3. The van der Waals surface area contributed by atoms with Gasteiger partial charge in [0, 0.05) is 4.90 Å². The van der Waals surface area contributed by atoms with Crippen molar-refractivity contribution in [3.8, 4) is 0 Å². The molecule has 0 aromatic heterocycles. The zero-order valence-corrected chi connectivity index (χ0v) is 9.93. The van der Waals surface area contributed by atoms with Crippen LogP contribution in [0.2, 0.25) is 0 Å². The third-order valence-corrected chi connectivity index (χ3v) is 3.58. The lowest BCUT2D eigenvalue weighted by Crippen LogP contribution is -2.07. The molecular formula is C14H12O2S. The number of carboxylic acid groups (broad SMARTS) is 1. The Morgan fingerprint density at radius 3 is 2.00 bits per heavy atom. The van der Waals surface area contributed by atoms with Crippen LogP contribution in [-0.2, 0) is 4.79 Å².